The number of nitrogens with zero attached hydrogens (tertiary/aromatic N) is 2. The summed E-state index contributed by atoms with van der Waals surface area (Å²) in [6.07, 6.45) is 1.46. The first-order valence-corrected chi connectivity index (χ1v) is 10.4. The first kappa shape index (κ1) is 26.7. The Morgan fingerprint density at radius 2 is 1.79 bits per heavy atom. The maximum Gasteiger partial charge on any atom is 0.191 e. The monoisotopic (exact) mass is 576 g/mol. The molecule has 2 aromatic carbocycles. The number of methoxy groups -OCH3 is 3. The van der Waals surface area contributed by atoms with E-state index >= 15 is 0 Å². The fourth-order valence-electron chi connectivity index (χ4n) is 3.85. The summed E-state index contributed by atoms with van der Waals surface area (Å²) in [6.45, 7) is 1.88. The van der Waals surface area contributed by atoms with E-state index in [4.69, 9.17) is 14.2 Å². The largest absolute Gasteiger partial charge is 0.496 e. The minimum atomic E-state index is -0.574. The molecule has 0 spiro atoms. The summed E-state index contributed by atoms with van der Waals surface area (Å²) in [6, 6.07) is 7.42. The summed E-state index contributed by atoms with van der Waals surface area (Å²) in [5, 5.41) is 6.68. The number of rotatable bonds is 8. The van der Waals surface area contributed by atoms with Crippen molar-refractivity contribution in [3.8, 4) is 17.2 Å². The van der Waals surface area contributed by atoms with Crippen molar-refractivity contribution < 1.29 is 23.0 Å². The van der Waals surface area contributed by atoms with Crippen LogP contribution < -0.4 is 29.7 Å². The van der Waals surface area contributed by atoms with Crippen molar-refractivity contribution in [2.24, 2.45) is 4.99 Å². The third-order valence-electron chi connectivity index (χ3n) is 5.49. The van der Waals surface area contributed by atoms with E-state index < -0.39 is 11.6 Å². The third-order valence-corrected chi connectivity index (χ3v) is 5.49. The fraction of sp³-hybridized carbons (Fsp3) is 0.435. The Morgan fingerprint density at radius 1 is 1.09 bits per heavy atom. The zero-order valence-electron chi connectivity index (χ0n) is 19.3. The van der Waals surface area contributed by atoms with Crippen molar-refractivity contribution in [1.29, 1.82) is 0 Å². The molecule has 1 aliphatic rings. The molecule has 0 amide bonds. The summed E-state index contributed by atoms with van der Waals surface area (Å²) in [7, 11) is 6.53. The van der Waals surface area contributed by atoms with E-state index in [2.05, 4.69) is 15.6 Å². The molecule has 2 N–H and O–H groups in total. The van der Waals surface area contributed by atoms with Crippen LogP contribution in [0.4, 0.5) is 14.5 Å². The second kappa shape index (κ2) is 12.7. The number of hydrogen-bond donors (Lipinski definition) is 2. The van der Waals surface area contributed by atoms with Crippen LogP contribution in [0.25, 0.3) is 0 Å². The molecule has 1 heterocycles. The Hall–Kier alpha value is -2.50. The number of aliphatic imine (C=N–C) groups is 1. The molecule has 0 radical (unpaired) electrons. The molecule has 1 atom stereocenters. The second-order valence-corrected chi connectivity index (χ2v) is 7.43. The first-order valence-electron chi connectivity index (χ1n) is 10.4. The van der Waals surface area contributed by atoms with Gasteiger partial charge in [0, 0.05) is 56.5 Å². The van der Waals surface area contributed by atoms with Gasteiger partial charge in [0.15, 0.2) is 5.96 Å². The number of benzene rings is 2. The van der Waals surface area contributed by atoms with Gasteiger partial charge < -0.3 is 29.7 Å². The number of nitrogens with one attached hydrogen (secondary N) is 2. The highest BCUT2D eigenvalue weighted by molar-refractivity contribution is 14.0. The molecule has 33 heavy (non-hydrogen) atoms. The molecule has 1 unspecified atom stereocenters. The lowest BCUT2D eigenvalue weighted by Crippen LogP contribution is -2.45. The van der Waals surface area contributed by atoms with Crippen LogP contribution in [-0.4, -0.2) is 60.0 Å². The van der Waals surface area contributed by atoms with Crippen LogP contribution >= 0.6 is 24.0 Å². The van der Waals surface area contributed by atoms with Crippen LogP contribution in [-0.2, 0) is 6.42 Å². The molecular weight excluding hydrogens is 545 g/mol. The summed E-state index contributed by atoms with van der Waals surface area (Å²) in [5.74, 6) is 1.59. The smallest absolute Gasteiger partial charge is 0.191 e. The molecule has 0 aliphatic carbocycles. The molecule has 0 aromatic heterocycles. The van der Waals surface area contributed by atoms with Gasteiger partial charge in [0.25, 0.3) is 0 Å². The van der Waals surface area contributed by atoms with Crippen LogP contribution in [0.2, 0.25) is 0 Å². The average Bonchev–Trinajstić information content (AvgIpc) is 3.26. The molecule has 10 heteroatoms. The van der Waals surface area contributed by atoms with Crippen molar-refractivity contribution in [3.05, 3.63) is 47.5 Å². The molecule has 7 nitrogen and oxygen atoms in total. The van der Waals surface area contributed by atoms with E-state index in [1.807, 2.05) is 17.0 Å². The maximum atomic E-state index is 14.1. The van der Waals surface area contributed by atoms with Crippen molar-refractivity contribution in [2.75, 3.05) is 52.9 Å². The minimum Gasteiger partial charge on any atom is -0.496 e. The number of hydrogen-bond acceptors (Lipinski definition) is 5. The standard InChI is InChI=1S/C23H30F2N4O3.HI/c1-26-23(27-9-7-18-21(31-3)12-17(30-2)13-22(18)32-4)28-16-8-10-29(14-16)20-6-5-15(24)11-19(20)25;/h5-6,11-13,16H,7-10,14H2,1-4H3,(H2,26,27,28);1H. The molecular formula is C23H31F2IN4O3. The van der Waals surface area contributed by atoms with Crippen molar-refractivity contribution in [2.45, 2.75) is 18.9 Å². The highest BCUT2D eigenvalue weighted by Crippen LogP contribution is 2.34. The molecule has 0 saturated carbocycles. The highest BCUT2D eigenvalue weighted by Gasteiger charge is 2.25. The molecule has 1 saturated heterocycles. The number of anilines is 1. The predicted octanol–water partition coefficient (Wildman–Crippen LogP) is 3.60. The fourth-order valence-corrected chi connectivity index (χ4v) is 3.85. The Morgan fingerprint density at radius 3 is 2.36 bits per heavy atom. The lowest BCUT2D eigenvalue weighted by Gasteiger charge is -2.21. The Kier molecular flexibility index (Phi) is 10.3. The predicted molar refractivity (Wildman–Crippen MR) is 137 cm³/mol. The maximum absolute atomic E-state index is 14.1. The highest BCUT2D eigenvalue weighted by atomic mass is 127. The molecule has 3 rings (SSSR count). The normalized spacial score (nSPS) is 15.6. The number of ether oxygens (including phenoxy) is 3. The van der Waals surface area contributed by atoms with E-state index in [9.17, 15) is 8.78 Å². The topological polar surface area (TPSA) is 67.4 Å². The minimum absolute atomic E-state index is 0. The van der Waals surface area contributed by atoms with Crippen LogP contribution in [0.15, 0.2) is 35.3 Å². The van der Waals surface area contributed by atoms with Crippen LogP contribution in [0, 0.1) is 11.6 Å². The van der Waals surface area contributed by atoms with Gasteiger partial charge in [-0.15, -0.1) is 24.0 Å². The summed E-state index contributed by atoms with van der Waals surface area (Å²) < 4.78 is 43.6. The van der Waals surface area contributed by atoms with E-state index in [1.165, 1.54) is 12.1 Å². The second-order valence-electron chi connectivity index (χ2n) is 7.43. The van der Waals surface area contributed by atoms with E-state index in [0.29, 0.717) is 55.0 Å². The van der Waals surface area contributed by atoms with Gasteiger partial charge >= 0.3 is 0 Å². The van der Waals surface area contributed by atoms with Gasteiger partial charge in [0.2, 0.25) is 0 Å². The lowest BCUT2D eigenvalue weighted by atomic mass is 10.1. The summed E-state index contributed by atoms with van der Waals surface area (Å²) in [4.78, 5) is 6.20. The summed E-state index contributed by atoms with van der Waals surface area (Å²) >= 11 is 0. The van der Waals surface area contributed by atoms with Gasteiger partial charge in [-0.2, -0.15) is 0 Å². The zero-order chi connectivity index (χ0) is 23.1. The van der Waals surface area contributed by atoms with Crippen LogP contribution in [0.5, 0.6) is 17.2 Å². The molecule has 182 valence electrons. The first-order chi connectivity index (χ1) is 15.5. The number of guanidine groups is 1. The van der Waals surface area contributed by atoms with Crippen LogP contribution in [0.3, 0.4) is 0 Å². The zero-order valence-corrected chi connectivity index (χ0v) is 21.6. The summed E-state index contributed by atoms with van der Waals surface area (Å²) in [5.41, 5.74) is 1.34. The van der Waals surface area contributed by atoms with Gasteiger partial charge in [-0.1, -0.05) is 0 Å². The third kappa shape index (κ3) is 6.75. The van der Waals surface area contributed by atoms with Crippen molar-refractivity contribution in [3.63, 3.8) is 0 Å². The Balaban J connectivity index is 0.00000385. The molecule has 0 bridgehead atoms. The Labute approximate surface area is 210 Å². The average molecular weight is 576 g/mol. The van der Waals surface area contributed by atoms with Crippen LogP contribution in [0.1, 0.15) is 12.0 Å². The van der Waals surface area contributed by atoms with Crippen molar-refractivity contribution >= 4 is 35.6 Å². The SMILES string of the molecule is CN=C(NCCc1c(OC)cc(OC)cc1OC)NC1CCN(c2ccc(F)cc2F)C1.I. The Bertz CT molecular complexity index is 936. The molecule has 1 fully saturated rings. The number of halogens is 3. The van der Waals surface area contributed by atoms with Crippen molar-refractivity contribution in [1.82, 2.24) is 10.6 Å². The van der Waals surface area contributed by atoms with Gasteiger partial charge in [0.1, 0.15) is 28.9 Å². The quantitative estimate of drug-likeness (QED) is 0.285. The van der Waals surface area contributed by atoms with E-state index in [-0.39, 0.29) is 30.0 Å². The van der Waals surface area contributed by atoms with Gasteiger partial charge in [-0.3, -0.25) is 4.99 Å². The van der Waals surface area contributed by atoms with E-state index in [0.717, 1.165) is 18.1 Å². The van der Waals surface area contributed by atoms with E-state index in [1.54, 1.807) is 28.4 Å². The van der Waals surface area contributed by atoms with Gasteiger partial charge in [-0.05, 0) is 25.0 Å². The molecule has 2 aromatic rings. The molecule has 1 aliphatic heterocycles. The van der Waals surface area contributed by atoms with Gasteiger partial charge in [-0.25, -0.2) is 8.78 Å². The van der Waals surface area contributed by atoms with Gasteiger partial charge in [0.05, 0.1) is 27.0 Å². The lowest BCUT2D eigenvalue weighted by molar-refractivity contribution is 0.368.